The SMILES string of the molecule is Cc1ccc2cc(C(c3nnnn3C(C)(C)C)N(Cc3ccccc3)Cc3ccc(C(C)(C)C)cc3)c(=O)[nH]c2c1. The second-order valence-corrected chi connectivity index (χ2v) is 13.0. The zero-order valence-corrected chi connectivity index (χ0v) is 25.1. The van der Waals surface area contributed by atoms with E-state index in [0.717, 1.165) is 27.6 Å². The Morgan fingerprint density at radius 1 is 0.854 bits per heavy atom. The molecule has 5 rings (SSSR count). The summed E-state index contributed by atoms with van der Waals surface area (Å²) in [5.74, 6) is 0.636. The summed E-state index contributed by atoms with van der Waals surface area (Å²) >= 11 is 0. The summed E-state index contributed by atoms with van der Waals surface area (Å²) in [4.78, 5) is 19.3. The van der Waals surface area contributed by atoms with Crippen molar-refractivity contribution in [2.75, 3.05) is 0 Å². The number of pyridine rings is 1. The average Bonchev–Trinajstić information content (AvgIpc) is 3.40. The van der Waals surface area contributed by atoms with Crippen molar-refractivity contribution in [2.45, 2.75) is 78.6 Å². The van der Waals surface area contributed by atoms with Crippen molar-refractivity contribution < 1.29 is 0 Å². The van der Waals surface area contributed by atoms with Crippen LogP contribution in [0.25, 0.3) is 10.9 Å². The van der Waals surface area contributed by atoms with Crippen LogP contribution in [-0.4, -0.2) is 30.1 Å². The summed E-state index contributed by atoms with van der Waals surface area (Å²) in [5.41, 5.74) is 5.65. The molecule has 0 spiro atoms. The number of benzene rings is 3. The largest absolute Gasteiger partial charge is 0.322 e. The summed E-state index contributed by atoms with van der Waals surface area (Å²) in [6.45, 7) is 16.1. The monoisotopic (exact) mass is 548 g/mol. The first-order valence-electron chi connectivity index (χ1n) is 14.2. The van der Waals surface area contributed by atoms with Gasteiger partial charge in [-0.2, -0.15) is 0 Å². The van der Waals surface area contributed by atoms with Crippen molar-refractivity contribution in [1.82, 2.24) is 30.1 Å². The average molecular weight is 549 g/mol. The normalized spacial score (nSPS) is 13.2. The van der Waals surface area contributed by atoms with E-state index in [-0.39, 0.29) is 16.5 Å². The molecule has 212 valence electrons. The molecule has 1 atom stereocenters. The maximum absolute atomic E-state index is 13.8. The Morgan fingerprint density at radius 2 is 1.51 bits per heavy atom. The van der Waals surface area contributed by atoms with E-state index >= 15 is 0 Å². The Bertz CT molecular complexity index is 1690. The molecule has 0 amide bonds. The maximum atomic E-state index is 13.8. The number of nitrogens with one attached hydrogen (secondary N) is 1. The minimum atomic E-state index is -0.499. The van der Waals surface area contributed by atoms with Gasteiger partial charge in [0, 0.05) is 24.2 Å². The molecular formula is C34H40N6O. The number of aromatic nitrogens is 5. The van der Waals surface area contributed by atoms with Gasteiger partial charge in [-0.1, -0.05) is 87.5 Å². The van der Waals surface area contributed by atoms with Gasteiger partial charge < -0.3 is 4.98 Å². The van der Waals surface area contributed by atoms with Crippen molar-refractivity contribution in [1.29, 1.82) is 0 Å². The van der Waals surface area contributed by atoms with Crippen LogP contribution < -0.4 is 5.56 Å². The van der Waals surface area contributed by atoms with Gasteiger partial charge in [0.05, 0.1) is 5.54 Å². The van der Waals surface area contributed by atoms with Crippen molar-refractivity contribution in [3.05, 3.63) is 123 Å². The highest BCUT2D eigenvalue weighted by Gasteiger charge is 2.33. The smallest absolute Gasteiger partial charge is 0.253 e. The molecule has 0 aliphatic carbocycles. The zero-order valence-electron chi connectivity index (χ0n) is 25.1. The molecule has 0 bridgehead atoms. The van der Waals surface area contributed by atoms with E-state index in [1.165, 1.54) is 5.56 Å². The van der Waals surface area contributed by atoms with Gasteiger partial charge >= 0.3 is 0 Å². The highest BCUT2D eigenvalue weighted by molar-refractivity contribution is 5.79. The third kappa shape index (κ3) is 6.30. The van der Waals surface area contributed by atoms with E-state index in [0.29, 0.717) is 24.5 Å². The van der Waals surface area contributed by atoms with Crippen LogP contribution in [0, 0.1) is 6.92 Å². The fourth-order valence-electron chi connectivity index (χ4n) is 5.28. The van der Waals surface area contributed by atoms with E-state index in [4.69, 9.17) is 0 Å². The summed E-state index contributed by atoms with van der Waals surface area (Å²) in [5, 5.41) is 14.0. The van der Waals surface area contributed by atoms with Crippen LogP contribution in [0.5, 0.6) is 0 Å². The molecule has 3 aromatic carbocycles. The molecule has 0 fully saturated rings. The quantitative estimate of drug-likeness (QED) is 0.246. The number of aromatic amines is 1. The van der Waals surface area contributed by atoms with Crippen molar-refractivity contribution >= 4 is 10.9 Å². The first-order chi connectivity index (χ1) is 19.4. The van der Waals surface area contributed by atoms with E-state index in [1.54, 1.807) is 0 Å². The number of nitrogens with zero attached hydrogens (tertiary/aromatic N) is 5. The van der Waals surface area contributed by atoms with Gasteiger partial charge in [-0.3, -0.25) is 9.69 Å². The van der Waals surface area contributed by atoms with Crippen molar-refractivity contribution in [3.8, 4) is 0 Å². The molecule has 7 nitrogen and oxygen atoms in total. The topological polar surface area (TPSA) is 79.7 Å². The molecule has 5 aromatic rings. The van der Waals surface area contributed by atoms with Crippen LogP contribution in [-0.2, 0) is 24.0 Å². The lowest BCUT2D eigenvalue weighted by molar-refractivity contribution is 0.184. The van der Waals surface area contributed by atoms with E-state index in [2.05, 4.69) is 115 Å². The Hall–Kier alpha value is -4.10. The molecule has 1 N–H and O–H groups in total. The number of fused-ring (bicyclic) bond motifs is 1. The van der Waals surface area contributed by atoms with Crippen LogP contribution in [0.15, 0.2) is 83.7 Å². The Kier molecular flexibility index (Phi) is 7.66. The minimum Gasteiger partial charge on any atom is -0.322 e. The fraction of sp³-hybridized carbons (Fsp3) is 0.353. The van der Waals surface area contributed by atoms with Crippen molar-refractivity contribution in [2.24, 2.45) is 0 Å². The van der Waals surface area contributed by atoms with Gasteiger partial charge in [0.2, 0.25) is 0 Å². The molecule has 2 aromatic heterocycles. The molecular weight excluding hydrogens is 508 g/mol. The van der Waals surface area contributed by atoms with Gasteiger partial charge in [-0.15, -0.1) is 5.10 Å². The molecule has 0 radical (unpaired) electrons. The van der Waals surface area contributed by atoms with Gasteiger partial charge in [0.15, 0.2) is 5.82 Å². The Labute approximate surface area is 242 Å². The highest BCUT2D eigenvalue weighted by atomic mass is 16.1. The highest BCUT2D eigenvalue weighted by Crippen LogP contribution is 2.32. The Balaban J connectivity index is 1.70. The molecule has 0 saturated carbocycles. The number of aryl methyl sites for hydroxylation is 1. The summed E-state index contributed by atoms with van der Waals surface area (Å²) in [6.07, 6.45) is 0. The number of hydrogen-bond donors (Lipinski definition) is 1. The molecule has 0 aliphatic rings. The molecule has 41 heavy (non-hydrogen) atoms. The minimum absolute atomic E-state index is 0.0658. The van der Waals surface area contributed by atoms with E-state index < -0.39 is 6.04 Å². The Morgan fingerprint density at radius 3 is 2.15 bits per heavy atom. The first-order valence-corrected chi connectivity index (χ1v) is 14.2. The van der Waals surface area contributed by atoms with Crippen LogP contribution >= 0.6 is 0 Å². The molecule has 0 saturated heterocycles. The molecule has 7 heteroatoms. The predicted octanol–water partition coefficient (Wildman–Crippen LogP) is 6.67. The van der Waals surface area contributed by atoms with Crippen LogP contribution in [0.3, 0.4) is 0 Å². The fourth-order valence-corrected chi connectivity index (χ4v) is 5.28. The van der Waals surface area contributed by atoms with Crippen LogP contribution in [0.4, 0.5) is 0 Å². The standard InChI is InChI=1S/C34H40N6O/c1-23-13-16-26-20-28(32(41)35-29(26)19-23)30(31-36-37-38-40(31)34(5,6)7)39(21-24-11-9-8-10-12-24)22-25-14-17-27(18-15-25)33(2,3)4/h8-20,30H,21-22H2,1-7H3,(H,35,41). The molecule has 2 heterocycles. The third-order valence-electron chi connectivity index (χ3n) is 7.50. The second-order valence-electron chi connectivity index (χ2n) is 13.0. The van der Waals surface area contributed by atoms with Gasteiger partial charge in [-0.25, -0.2) is 4.68 Å². The second kappa shape index (κ2) is 11.1. The van der Waals surface area contributed by atoms with E-state index in [1.807, 2.05) is 41.9 Å². The van der Waals surface area contributed by atoms with Crippen LogP contribution in [0.2, 0.25) is 0 Å². The lowest BCUT2D eigenvalue weighted by atomic mass is 9.86. The van der Waals surface area contributed by atoms with Crippen molar-refractivity contribution in [3.63, 3.8) is 0 Å². The summed E-state index contributed by atoms with van der Waals surface area (Å²) in [6, 6.07) is 26.8. The third-order valence-corrected chi connectivity index (χ3v) is 7.50. The number of H-pyrrole nitrogens is 1. The summed E-state index contributed by atoms with van der Waals surface area (Å²) in [7, 11) is 0. The number of hydrogen-bond acceptors (Lipinski definition) is 5. The van der Waals surface area contributed by atoms with Gasteiger partial charge in [-0.05, 0) is 83.3 Å². The maximum Gasteiger partial charge on any atom is 0.253 e. The zero-order chi connectivity index (χ0) is 29.4. The predicted molar refractivity (Wildman–Crippen MR) is 165 cm³/mol. The number of tetrazole rings is 1. The molecule has 1 unspecified atom stereocenters. The van der Waals surface area contributed by atoms with E-state index in [9.17, 15) is 4.79 Å². The van der Waals surface area contributed by atoms with Gasteiger partial charge in [0.25, 0.3) is 5.56 Å². The van der Waals surface area contributed by atoms with Crippen LogP contribution in [0.1, 0.15) is 81.2 Å². The summed E-state index contributed by atoms with van der Waals surface area (Å²) < 4.78 is 1.84. The number of rotatable bonds is 7. The molecule has 0 aliphatic heterocycles. The van der Waals surface area contributed by atoms with Gasteiger partial charge in [0.1, 0.15) is 6.04 Å². The lowest BCUT2D eigenvalue weighted by Gasteiger charge is -2.33. The first kappa shape index (κ1) is 28.4. The lowest BCUT2D eigenvalue weighted by Crippen LogP contribution is -2.37.